The molecule has 2 amide bonds. The first-order valence-electron chi connectivity index (χ1n) is 13.0. The van der Waals surface area contributed by atoms with Crippen LogP contribution in [0.2, 0.25) is 0 Å². The number of amides is 2. The number of hydrogen-bond donors (Lipinski definition) is 5. The molecule has 13 heteroatoms. The lowest BCUT2D eigenvalue weighted by atomic mass is 9.77. The lowest BCUT2D eigenvalue weighted by Gasteiger charge is -2.40. The summed E-state index contributed by atoms with van der Waals surface area (Å²) in [5, 5.41) is 35.8. The molecule has 2 aromatic rings. The van der Waals surface area contributed by atoms with Gasteiger partial charge in [0.05, 0.1) is 11.2 Å². The zero-order valence-corrected chi connectivity index (χ0v) is 22.9. The fourth-order valence-electron chi connectivity index (χ4n) is 4.85. The summed E-state index contributed by atoms with van der Waals surface area (Å²) in [6.45, 7) is 6.25. The summed E-state index contributed by atoms with van der Waals surface area (Å²) in [7, 11) is 0. The van der Waals surface area contributed by atoms with Crippen LogP contribution in [0.15, 0.2) is 48.5 Å². The smallest absolute Gasteiger partial charge is 0.389 e. The third-order valence-electron chi connectivity index (χ3n) is 7.39. The Labute approximate surface area is 234 Å². The van der Waals surface area contributed by atoms with Gasteiger partial charge >= 0.3 is 18.4 Å². The molecule has 41 heavy (non-hydrogen) atoms. The molecule has 1 fully saturated rings. The van der Waals surface area contributed by atoms with Crippen LogP contribution in [-0.4, -0.2) is 63.8 Å². The number of urea groups is 1. The lowest BCUT2D eigenvalue weighted by molar-refractivity contribution is -0.376. The van der Waals surface area contributed by atoms with E-state index in [4.69, 9.17) is 0 Å². The number of aliphatic hydroxyl groups is 3. The van der Waals surface area contributed by atoms with E-state index in [-0.39, 0.29) is 19.0 Å². The van der Waals surface area contributed by atoms with Crippen molar-refractivity contribution in [1.82, 2.24) is 10.2 Å². The van der Waals surface area contributed by atoms with E-state index in [1.54, 1.807) is 45.0 Å². The molecule has 2 aromatic carbocycles. The number of alkyl halides is 6. The highest BCUT2D eigenvalue weighted by molar-refractivity contribution is 5.89. The number of hydrogen-bond acceptors (Lipinski definition) is 5. The normalized spacial score (nSPS) is 17.7. The van der Waals surface area contributed by atoms with Crippen LogP contribution in [0, 0.1) is 5.92 Å². The van der Waals surface area contributed by atoms with Gasteiger partial charge < -0.3 is 26.0 Å². The van der Waals surface area contributed by atoms with Gasteiger partial charge in [0.1, 0.15) is 0 Å². The van der Waals surface area contributed by atoms with Crippen molar-refractivity contribution in [2.24, 2.45) is 5.92 Å². The van der Waals surface area contributed by atoms with Crippen molar-refractivity contribution in [3.05, 3.63) is 65.2 Å². The SMILES string of the molecule is CC(C)(O)CNC(=O)Nc1ccc(C(C)(O)C2CCN(Cc3ccc(C(O)(C(F)(F)F)C(F)(F)F)cc3)CC2)cc1. The summed E-state index contributed by atoms with van der Waals surface area (Å²) in [6.07, 6.45) is -10.7. The maximum absolute atomic E-state index is 13.1. The van der Waals surface area contributed by atoms with Crippen molar-refractivity contribution >= 4 is 11.7 Å². The van der Waals surface area contributed by atoms with E-state index in [9.17, 15) is 46.5 Å². The van der Waals surface area contributed by atoms with Crippen molar-refractivity contribution in [2.75, 3.05) is 25.0 Å². The molecule has 0 saturated carbocycles. The number of halogens is 6. The molecule has 0 radical (unpaired) electrons. The number of piperidine rings is 1. The van der Waals surface area contributed by atoms with Gasteiger partial charge in [-0.15, -0.1) is 0 Å². The summed E-state index contributed by atoms with van der Waals surface area (Å²) in [5.74, 6) is -0.122. The van der Waals surface area contributed by atoms with Gasteiger partial charge in [-0.1, -0.05) is 36.4 Å². The molecule has 0 aromatic heterocycles. The molecule has 1 saturated heterocycles. The van der Waals surface area contributed by atoms with Gasteiger partial charge in [-0.3, -0.25) is 4.90 Å². The summed E-state index contributed by atoms with van der Waals surface area (Å²) >= 11 is 0. The van der Waals surface area contributed by atoms with E-state index in [0.29, 0.717) is 54.9 Å². The van der Waals surface area contributed by atoms with Crippen molar-refractivity contribution in [3.8, 4) is 0 Å². The molecular weight excluding hydrogens is 556 g/mol. The van der Waals surface area contributed by atoms with E-state index in [1.807, 2.05) is 4.90 Å². The molecule has 1 heterocycles. The Bertz CT molecular complexity index is 1150. The third kappa shape index (κ3) is 7.70. The average molecular weight is 592 g/mol. The van der Waals surface area contributed by atoms with Crippen LogP contribution in [0.5, 0.6) is 0 Å². The van der Waals surface area contributed by atoms with E-state index in [2.05, 4.69) is 10.6 Å². The summed E-state index contributed by atoms with van der Waals surface area (Å²) in [6, 6.07) is 9.82. The minimum Gasteiger partial charge on any atom is -0.389 e. The van der Waals surface area contributed by atoms with Crippen molar-refractivity contribution in [3.63, 3.8) is 0 Å². The standard InChI is InChI=1S/C28H35F6N3O4/c1-24(2,39)17-35-23(38)36-22-10-8-19(9-11-22)25(3,40)20-12-14-37(15-13-20)16-18-4-6-21(7-5-18)26(41,27(29,30)31)28(32,33)34/h4-11,20,39-41H,12-17H2,1-3H3,(H2,35,36,38). The molecule has 3 rings (SSSR count). The highest BCUT2D eigenvalue weighted by Crippen LogP contribution is 2.50. The molecule has 0 bridgehead atoms. The number of carbonyl (C=O) groups is 1. The van der Waals surface area contributed by atoms with Gasteiger partial charge in [0.25, 0.3) is 5.60 Å². The number of nitrogens with zero attached hydrogens (tertiary/aromatic N) is 1. The average Bonchev–Trinajstić information content (AvgIpc) is 2.86. The predicted octanol–water partition coefficient (Wildman–Crippen LogP) is 5.01. The molecule has 0 aliphatic carbocycles. The fraction of sp³-hybridized carbons (Fsp3) is 0.536. The zero-order valence-electron chi connectivity index (χ0n) is 22.9. The van der Waals surface area contributed by atoms with Crippen LogP contribution in [0.1, 0.15) is 50.3 Å². The van der Waals surface area contributed by atoms with Crippen molar-refractivity contribution in [1.29, 1.82) is 0 Å². The van der Waals surface area contributed by atoms with Gasteiger partial charge in [-0.05, 0) is 75.9 Å². The minimum absolute atomic E-state index is 0.0646. The van der Waals surface area contributed by atoms with Gasteiger partial charge in [-0.2, -0.15) is 26.3 Å². The third-order valence-corrected chi connectivity index (χ3v) is 7.39. The highest BCUT2D eigenvalue weighted by Gasteiger charge is 2.71. The molecule has 1 atom stereocenters. The Morgan fingerprint density at radius 3 is 1.78 bits per heavy atom. The maximum Gasteiger partial charge on any atom is 0.430 e. The molecule has 1 aliphatic heterocycles. The molecular formula is C28H35F6N3O4. The Hall–Kier alpha value is -2.87. The van der Waals surface area contributed by atoms with Gasteiger partial charge in [0, 0.05) is 24.3 Å². The number of carbonyl (C=O) groups excluding carboxylic acids is 1. The van der Waals surface area contributed by atoms with Gasteiger partial charge in [-0.25, -0.2) is 4.79 Å². The predicted molar refractivity (Wildman–Crippen MR) is 140 cm³/mol. The lowest BCUT2D eigenvalue weighted by Crippen LogP contribution is -2.53. The first-order chi connectivity index (χ1) is 18.7. The second-order valence-corrected chi connectivity index (χ2v) is 11.3. The highest BCUT2D eigenvalue weighted by atomic mass is 19.4. The van der Waals surface area contributed by atoms with Crippen LogP contribution in [-0.2, 0) is 17.7 Å². The van der Waals surface area contributed by atoms with Gasteiger partial charge in [0.2, 0.25) is 0 Å². The Balaban J connectivity index is 1.57. The Morgan fingerprint density at radius 2 is 1.32 bits per heavy atom. The largest absolute Gasteiger partial charge is 0.430 e. The molecule has 1 unspecified atom stereocenters. The Morgan fingerprint density at radius 1 is 0.829 bits per heavy atom. The second-order valence-electron chi connectivity index (χ2n) is 11.3. The van der Waals surface area contributed by atoms with Crippen LogP contribution < -0.4 is 10.6 Å². The number of rotatable bonds is 8. The van der Waals surface area contributed by atoms with Crippen molar-refractivity contribution < 1.29 is 46.5 Å². The fourth-order valence-corrected chi connectivity index (χ4v) is 4.85. The summed E-state index contributed by atoms with van der Waals surface area (Å²) < 4.78 is 78.7. The molecule has 228 valence electrons. The number of nitrogens with one attached hydrogen (secondary N) is 2. The topological polar surface area (TPSA) is 105 Å². The van der Waals surface area contributed by atoms with Crippen LogP contribution in [0.3, 0.4) is 0 Å². The first kappa shape index (κ1) is 32.6. The van der Waals surface area contributed by atoms with E-state index in [1.165, 1.54) is 0 Å². The Kier molecular flexibility index (Phi) is 9.38. The maximum atomic E-state index is 13.1. The van der Waals surface area contributed by atoms with Gasteiger partial charge in [0.15, 0.2) is 0 Å². The summed E-state index contributed by atoms with van der Waals surface area (Å²) in [4.78, 5) is 14.0. The first-order valence-corrected chi connectivity index (χ1v) is 13.0. The molecule has 7 nitrogen and oxygen atoms in total. The second kappa shape index (κ2) is 11.8. The van der Waals surface area contributed by atoms with E-state index < -0.39 is 40.8 Å². The summed E-state index contributed by atoms with van der Waals surface area (Å²) in [5.41, 5.74) is -6.86. The number of anilines is 1. The monoisotopic (exact) mass is 591 g/mol. The zero-order chi connectivity index (χ0) is 30.9. The number of likely N-dealkylation sites (tertiary alicyclic amines) is 1. The quantitative estimate of drug-likeness (QED) is 0.278. The molecule has 1 aliphatic rings. The minimum atomic E-state index is -5.94. The molecule has 0 spiro atoms. The van der Waals surface area contributed by atoms with Crippen LogP contribution in [0.4, 0.5) is 36.8 Å². The van der Waals surface area contributed by atoms with Crippen LogP contribution in [0.25, 0.3) is 0 Å². The van der Waals surface area contributed by atoms with Crippen LogP contribution >= 0.6 is 0 Å². The van der Waals surface area contributed by atoms with E-state index in [0.717, 1.165) is 12.1 Å². The van der Waals surface area contributed by atoms with Crippen molar-refractivity contribution in [2.45, 2.75) is 69.3 Å². The molecule has 5 N–H and O–H groups in total. The number of benzene rings is 2. The van der Waals surface area contributed by atoms with E-state index >= 15 is 0 Å².